The first kappa shape index (κ1) is 18.5. The van der Waals surface area contributed by atoms with Crippen LogP contribution in [0.3, 0.4) is 0 Å². The Bertz CT molecular complexity index is 1190. The molecule has 0 spiro atoms. The van der Waals surface area contributed by atoms with Gasteiger partial charge in [-0.15, -0.1) is 0 Å². The first-order chi connectivity index (χ1) is 13.9. The molecule has 2 heterocycles. The minimum atomic E-state index is -0.491. The summed E-state index contributed by atoms with van der Waals surface area (Å²) in [5.41, 5.74) is 9.24. The van der Waals surface area contributed by atoms with Gasteiger partial charge in [0.25, 0.3) is 5.69 Å². The monoisotopic (exact) mass is 407 g/mol. The van der Waals surface area contributed by atoms with Gasteiger partial charge in [0.2, 0.25) is 5.88 Å². The number of aromatic nitrogens is 1. The van der Waals surface area contributed by atoms with E-state index in [4.69, 9.17) is 21.9 Å². The maximum absolute atomic E-state index is 11.0. The number of fused-ring (bicyclic) bond motifs is 1. The summed E-state index contributed by atoms with van der Waals surface area (Å²) >= 11 is 6.16. The fraction of sp³-hybridized carbons (Fsp3) is 0.100. The highest BCUT2D eigenvalue weighted by atomic mass is 35.5. The second-order valence-corrected chi connectivity index (χ2v) is 6.93. The van der Waals surface area contributed by atoms with Crippen LogP contribution in [0.5, 0.6) is 0 Å². The van der Waals surface area contributed by atoms with Crippen LogP contribution in [0.4, 0.5) is 17.3 Å². The maximum atomic E-state index is 11.0. The number of nitrogens with two attached hydrogens (primary N) is 1. The number of anilines is 2. The molecule has 3 aromatic rings. The van der Waals surface area contributed by atoms with Crippen molar-refractivity contribution in [3.8, 4) is 6.07 Å². The average Bonchev–Trinajstić information content (AvgIpc) is 3.08. The van der Waals surface area contributed by atoms with E-state index >= 15 is 0 Å². The number of nitriles is 1. The normalized spacial score (nSPS) is 15.8. The second-order valence-electron chi connectivity index (χ2n) is 6.49. The number of nitro groups is 1. The molecule has 0 radical (unpaired) electrons. The van der Waals surface area contributed by atoms with Gasteiger partial charge in [-0.1, -0.05) is 28.9 Å². The summed E-state index contributed by atoms with van der Waals surface area (Å²) in [5, 5.41) is 25.5. The van der Waals surface area contributed by atoms with E-state index in [9.17, 15) is 15.4 Å². The number of rotatable bonds is 3. The quantitative estimate of drug-likeness (QED) is 0.500. The first-order valence-electron chi connectivity index (χ1n) is 8.58. The molecule has 8 nitrogen and oxygen atoms in total. The van der Waals surface area contributed by atoms with Crippen molar-refractivity contribution in [1.29, 1.82) is 5.26 Å². The molecule has 1 aliphatic heterocycles. The van der Waals surface area contributed by atoms with E-state index in [1.807, 2.05) is 6.07 Å². The lowest BCUT2D eigenvalue weighted by Crippen LogP contribution is -2.31. The third-order valence-electron chi connectivity index (χ3n) is 4.81. The zero-order valence-corrected chi connectivity index (χ0v) is 15.9. The SMILES string of the molecule is Cc1noc2c1[C@@H](c1cccc(Cl)c1)C(C#N)=C(N)N2c1ccc([N+](=O)[O-])cc1. The number of allylic oxidation sites excluding steroid dienone is 1. The third-order valence-corrected chi connectivity index (χ3v) is 5.04. The Morgan fingerprint density at radius 3 is 2.66 bits per heavy atom. The predicted molar refractivity (Wildman–Crippen MR) is 107 cm³/mol. The summed E-state index contributed by atoms with van der Waals surface area (Å²) < 4.78 is 5.56. The van der Waals surface area contributed by atoms with E-state index in [2.05, 4.69) is 11.2 Å². The van der Waals surface area contributed by atoms with Crippen LogP contribution in [-0.2, 0) is 0 Å². The number of non-ortho nitro benzene ring substituents is 1. The molecule has 0 fully saturated rings. The summed E-state index contributed by atoms with van der Waals surface area (Å²) in [6.07, 6.45) is 0. The Morgan fingerprint density at radius 1 is 1.31 bits per heavy atom. The van der Waals surface area contributed by atoms with Crippen LogP contribution in [0, 0.1) is 28.4 Å². The smallest absolute Gasteiger partial charge is 0.269 e. The molecule has 1 atom stereocenters. The van der Waals surface area contributed by atoms with Gasteiger partial charge in [0.1, 0.15) is 5.82 Å². The number of aryl methyl sites for hydroxylation is 1. The number of halogens is 1. The Labute approximate surface area is 170 Å². The van der Waals surface area contributed by atoms with Crippen LogP contribution in [0.2, 0.25) is 5.02 Å². The number of hydrogen-bond donors (Lipinski definition) is 1. The molecule has 29 heavy (non-hydrogen) atoms. The first-order valence-corrected chi connectivity index (χ1v) is 8.96. The Kier molecular flexibility index (Phi) is 4.45. The van der Waals surface area contributed by atoms with Crippen molar-refractivity contribution in [3.63, 3.8) is 0 Å². The van der Waals surface area contributed by atoms with Crippen LogP contribution in [0.25, 0.3) is 0 Å². The van der Waals surface area contributed by atoms with Gasteiger partial charge in [-0.05, 0) is 36.8 Å². The number of nitrogens with zero attached hydrogens (tertiary/aromatic N) is 4. The van der Waals surface area contributed by atoms with Crippen molar-refractivity contribution in [2.45, 2.75) is 12.8 Å². The standard InChI is InChI=1S/C20H14ClN5O3/c1-11-17-18(12-3-2-4-13(21)9-12)16(10-22)19(23)25(20(17)29-24-11)14-5-7-15(8-6-14)26(27)28/h2-9,18H,23H2,1H3/t18-/m0/s1. The molecular weight excluding hydrogens is 394 g/mol. The van der Waals surface area contributed by atoms with Crippen molar-refractivity contribution in [3.05, 3.63) is 91.9 Å². The van der Waals surface area contributed by atoms with Gasteiger partial charge in [0, 0.05) is 17.2 Å². The highest BCUT2D eigenvalue weighted by Crippen LogP contribution is 2.48. The van der Waals surface area contributed by atoms with Gasteiger partial charge in [0.05, 0.1) is 39.4 Å². The van der Waals surface area contributed by atoms with Gasteiger partial charge < -0.3 is 10.3 Å². The van der Waals surface area contributed by atoms with E-state index in [0.29, 0.717) is 33.4 Å². The zero-order valence-electron chi connectivity index (χ0n) is 15.2. The van der Waals surface area contributed by atoms with Crippen LogP contribution in [-0.4, -0.2) is 10.1 Å². The molecule has 0 unspecified atom stereocenters. The van der Waals surface area contributed by atoms with Gasteiger partial charge >= 0.3 is 0 Å². The molecule has 0 bridgehead atoms. The zero-order chi connectivity index (χ0) is 20.7. The van der Waals surface area contributed by atoms with E-state index < -0.39 is 10.8 Å². The molecule has 4 rings (SSSR count). The summed E-state index contributed by atoms with van der Waals surface area (Å²) in [4.78, 5) is 12.0. The molecule has 1 aliphatic rings. The molecular formula is C20H14ClN5O3. The Morgan fingerprint density at radius 2 is 2.03 bits per heavy atom. The average molecular weight is 408 g/mol. The maximum Gasteiger partial charge on any atom is 0.269 e. The summed E-state index contributed by atoms with van der Waals surface area (Å²) in [6, 6.07) is 15.2. The largest absolute Gasteiger partial charge is 0.384 e. The molecule has 0 saturated heterocycles. The minimum Gasteiger partial charge on any atom is -0.384 e. The fourth-order valence-corrected chi connectivity index (χ4v) is 3.70. The Hall–Kier alpha value is -3.83. The molecule has 0 amide bonds. The van der Waals surface area contributed by atoms with E-state index in [-0.39, 0.29) is 11.5 Å². The van der Waals surface area contributed by atoms with Crippen LogP contribution in [0.15, 0.2) is 64.4 Å². The van der Waals surface area contributed by atoms with Crippen molar-refractivity contribution in [2.75, 3.05) is 4.90 Å². The van der Waals surface area contributed by atoms with Gasteiger partial charge in [0.15, 0.2) is 0 Å². The number of benzene rings is 2. The number of nitro benzene ring substituents is 1. The molecule has 2 aromatic carbocycles. The van der Waals surface area contributed by atoms with E-state index in [0.717, 1.165) is 5.56 Å². The Balaban J connectivity index is 1.93. The van der Waals surface area contributed by atoms with Crippen LogP contribution < -0.4 is 10.6 Å². The lowest BCUT2D eigenvalue weighted by molar-refractivity contribution is -0.384. The molecule has 2 N–H and O–H groups in total. The summed E-state index contributed by atoms with van der Waals surface area (Å²) in [6.45, 7) is 1.78. The molecule has 9 heteroatoms. The van der Waals surface area contributed by atoms with E-state index in [1.54, 1.807) is 42.2 Å². The highest BCUT2D eigenvalue weighted by Gasteiger charge is 2.39. The summed E-state index contributed by atoms with van der Waals surface area (Å²) in [5.74, 6) is 0.0297. The van der Waals surface area contributed by atoms with Crippen molar-refractivity contribution >= 4 is 28.9 Å². The fourth-order valence-electron chi connectivity index (χ4n) is 3.50. The lowest BCUT2D eigenvalue weighted by atomic mass is 9.82. The van der Waals surface area contributed by atoms with Gasteiger partial charge in [-0.2, -0.15) is 5.26 Å². The van der Waals surface area contributed by atoms with Crippen molar-refractivity contribution in [2.24, 2.45) is 5.73 Å². The van der Waals surface area contributed by atoms with Crippen molar-refractivity contribution in [1.82, 2.24) is 5.16 Å². The molecule has 0 aliphatic carbocycles. The van der Waals surface area contributed by atoms with Crippen LogP contribution >= 0.6 is 11.6 Å². The third kappa shape index (κ3) is 2.98. The molecule has 0 saturated carbocycles. The predicted octanol–water partition coefficient (Wildman–Crippen LogP) is 4.52. The van der Waals surface area contributed by atoms with E-state index in [1.165, 1.54) is 12.1 Å². The second kappa shape index (κ2) is 6.96. The minimum absolute atomic E-state index is 0.0559. The topological polar surface area (TPSA) is 122 Å². The molecule has 144 valence electrons. The number of hydrogen-bond acceptors (Lipinski definition) is 7. The lowest BCUT2D eigenvalue weighted by Gasteiger charge is -2.32. The van der Waals surface area contributed by atoms with Gasteiger partial charge in [-0.25, -0.2) is 0 Å². The van der Waals surface area contributed by atoms with Gasteiger partial charge in [-0.3, -0.25) is 15.0 Å². The molecule has 1 aromatic heterocycles. The van der Waals surface area contributed by atoms with Crippen molar-refractivity contribution < 1.29 is 9.45 Å². The van der Waals surface area contributed by atoms with Crippen LogP contribution in [0.1, 0.15) is 22.7 Å². The highest BCUT2D eigenvalue weighted by molar-refractivity contribution is 6.30. The summed E-state index contributed by atoms with van der Waals surface area (Å²) in [7, 11) is 0.